The van der Waals surface area contributed by atoms with E-state index in [2.05, 4.69) is 6.58 Å². The first-order valence-corrected chi connectivity index (χ1v) is 4.00. The Hall–Kier alpha value is -0.770. The van der Waals surface area contributed by atoms with Crippen LogP contribution >= 0.6 is 24.0 Å². The molecular formula is C9H10Cl2FNO. The lowest BCUT2D eigenvalue weighted by atomic mass is 10.1. The van der Waals surface area contributed by atoms with Crippen molar-refractivity contribution in [3.8, 4) is 5.75 Å². The van der Waals surface area contributed by atoms with Crippen LogP contribution in [-0.4, -0.2) is 5.11 Å². The summed E-state index contributed by atoms with van der Waals surface area (Å²) in [5.41, 5.74) is 5.70. The molecule has 5 heteroatoms. The van der Waals surface area contributed by atoms with Crippen molar-refractivity contribution in [1.29, 1.82) is 0 Å². The van der Waals surface area contributed by atoms with Gasteiger partial charge in [0.15, 0.2) is 11.6 Å². The molecule has 0 aliphatic rings. The summed E-state index contributed by atoms with van der Waals surface area (Å²) in [5, 5.41) is 9.52. The zero-order valence-corrected chi connectivity index (χ0v) is 8.78. The van der Waals surface area contributed by atoms with Gasteiger partial charge in [0.25, 0.3) is 0 Å². The predicted molar refractivity (Wildman–Crippen MR) is 57.4 cm³/mol. The largest absolute Gasteiger partial charge is 0.505 e. The average Bonchev–Trinajstić information content (AvgIpc) is 2.12. The van der Waals surface area contributed by atoms with E-state index in [1.165, 1.54) is 12.1 Å². The molecule has 0 fully saturated rings. The van der Waals surface area contributed by atoms with Crippen LogP contribution in [0.4, 0.5) is 4.39 Å². The molecule has 1 aromatic rings. The number of benzene rings is 1. The van der Waals surface area contributed by atoms with E-state index in [0.29, 0.717) is 0 Å². The van der Waals surface area contributed by atoms with Gasteiger partial charge in [0.1, 0.15) is 0 Å². The molecule has 0 bridgehead atoms. The summed E-state index contributed by atoms with van der Waals surface area (Å²) in [6.45, 7) is 3.43. The molecule has 1 aromatic carbocycles. The topological polar surface area (TPSA) is 46.2 Å². The van der Waals surface area contributed by atoms with Crippen molar-refractivity contribution in [1.82, 2.24) is 0 Å². The first-order valence-electron chi connectivity index (χ1n) is 3.63. The van der Waals surface area contributed by atoms with Crippen molar-refractivity contribution >= 4 is 24.0 Å². The first kappa shape index (κ1) is 13.2. The molecule has 0 radical (unpaired) electrons. The molecule has 0 heterocycles. The number of nitrogens with two attached hydrogens (primary N) is 1. The molecule has 0 aliphatic heterocycles. The summed E-state index contributed by atoms with van der Waals surface area (Å²) in [5.74, 6) is -1.25. The lowest BCUT2D eigenvalue weighted by Gasteiger charge is -2.11. The highest BCUT2D eigenvalue weighted by Crippen LogP contribution is 2.32. The van der Waals surface area contributed by atoms with Crippen molar-refractivity contribution < 1.29 is 9.50 Å². The van der Waals surface area contributed by atoms with E-state index < -0.39 is 17.6 Å². The smallest absolute Gasteiger partial charge is 0.165 e. The fourth-order valence-corrected chi connectivity index (χ4v) is 1.27. The van der Waals surface area contributed by atoms with Crippen LogP contribution in [0.25, 0.3) is 0 Å². The highest BCUT2D eigenvalue weighted by atomic mass is 35.5. The Bertz CT molecular complexity index is 344. The summed E-state index contributed by atoms with van der Waals surface area (Å²) in [6.07, 6.45) is 1.38. The van der Waals surface area contributed by atoms with Crippen LogP contribution in [0.1, 0.15) is 11.6 Å². The van der Waals surface area contributed by atoms with E-state index in [0.717, 1.165) is 6.07 Å². The summed E-state index contributed by atoms with van der Waals surface area (Å²) in [7, 11) is 0. The van der Waals surface area contributed by atoms with Crippen LogP contribution in [0.15, 0.2) is 24.8 Å². The molecule has 0 spiro atoms. The Morgan fingerprint density at radius 2 is 2.14 bits per heavy atom. The first-order chi connectivity index (χ1) is 6.07. The number of halogens is 3. The predicted octanol–water partition coefficient (Wildman–Crippen LogP) is 2.79. The van der Waals surface area contributed by atoms with Gasteiger partial charge in [-0.05, 0) is 12.1 Å². The van der Waals surface area contributed by atoms with Gasteiger partial charge in [-0.1, -0.05) is 17.7 Å². The van der Waals surface area contributed by atoms with Gasteiger partial charge in [-0.3, -0.25) is 0 Å². The van der Waals surface area contributed by atoms with Crippen LogP contribution < -0.4 is 5.73 Å². The van der Waals surface area contributed by atoms with Crippen molar-refractivity contribution in [2.24, 2.45) is 5.73 Å². The third-order valence-corrected chi connectivity index (χ3v) is 2.03. The number of aromatic hydroxyl groups is 1. The van der Waals surface area contributed by atoms with Crippen LogP contribution in [0.5, 0.6) is 5.75 Å². The maximum atomic E-state index is 12.9. The normalized spacial score (nSPS) is 11.6. The van der Waals surface area contributed by atoms with Gasteiger partial charge in [-0.15, -0.1) is 19.0 Å². The van der Waals surface area contributed by atoms with E-state index in [9.17, 15) is 9.50 Å². The van der Waals surface area contributed by atoms with Gasteiger partial charge in [0.05, 0.1) is 6.04 Å². The van der Waals surface area contributed by atoms with Gasteiger partial charge >= 0.3 is 0 Å². The summed E-state index contributed by atoms with van der Waals surface area (Å²) < 4.78 is 12.9. The molecule has 3 N–H and O–H groups in total. The summed E-state index contributed by atoms with van der Waals surface area (Å²) >= 11 is 5.72. The third kappa shape index (κ3) is 2.38. The molecule has 0 unspecified atom stereocenters. The van der Waals surface area contributed by atoms with E-state index in [4.69, 9.17) is 17.3 Å². The second-order valence-corrected chi connectivity index (χ2v) is 2.96. The Morgan fingerprint density at radius 1 is 1.57 bits per heavy atom. The van der Waals surface area contributed by atoms with Crippen molar-refractivity contribution in [2.75, 3.05) is 0 Å². The highest BCUT2D eigenvalue weighted by Gasteiger charge is 2.15. The van der Waals surface area contributed by atoms with Gasteiger partial charge in [-0.25, -0.2) is 4.39 Å². The maximum Gasteiger partial charge on any atom is 0.165 e. The molecule has 0 saturated carbocycles. The molecule has 0 saturated heterocycles. The minimum absolute atomic E-state index is 0. The van der Waals surface area contributed by atoms with Crippen molar-refractivity contribution in [3.05, 3.63) is 41.2 Å². The monoisotopic (exact) mass is 237 g/mol. The Morgan fingerprint density at radius 3 is 2.64 bits per heavy atom. The molecule has 78 valence electrons. The van der Waals surface area contributed by atoms with Gasteiger partial charge in [0, 0.05) is 10.6 Å². The Kier molecular flexibility index (Phi) is 4.91. The minimum Gasteiger partial charge on any atom is -0.505 e. The zero-order chi connectivity index (χ0) is 10.0. The maximum absolute atomic E-state index is 12.9. The van der Waals surface area contributed by atoms with Crippen molar-refractivity contribution in [2.45, 2.75) is 6.04 Å². The average molecular weight is 238 g/mol. The number of phenolic OH excluding ortho intramolecular Hbond substituents is 1. The molecule has 1 atom stereocenters. The summed E-state index contributed by atoms with van der Waals surface area (Å²) in [4.78, 5) is 0. The fraction of sp³-hybridized carbons (Fsp3) is 0.111. The molecule has 0 aliphatic carbocycles. The standard InChI is InChI=1S/C9H9ClFNO.ClH/c1-2-7(12)8-5(10)3-4-6(11)9(8)13;/h2-4,7,13H,1,12H2;1H/t7-;/m0./s1. The number of rotatable bonds is 2. The quantitative estimate of drug-likeness (QED) is 0.778. The Labute approximate surface area is 92.6 Å². The van der Waals surface area contributed by atoms with Crippen molar-refractivity contribution in [3.63, 3.8) is 0 Å². The van der Waals surface area contributed by atoms with E-state index in [-0.39, 0.29) is 23.0 Å². The third-order valence-electron chi connectivity index (χ3n) is 1.70. The Balaban J connectivity index is 0.00000169. The number of hydrogen-bond acceptors (Lipinski definition) is 2. The van der Waals surface area contributed by atoms with Crippen LogP contribution in [0.2, 0.25) is 5.02 Å². The van der Waals surface area contributed by atoms with Gasteiger partial charge in [-0.2, -0.15) is 0 Å². The number of hydrogen-bond donors (Lipinski definition) is 2. The zero-order valence-electron chi connectivity index (χ0n) is 7.21. The van der Waals surface area contributed by atoms with E-state index >= 15 is 0 Å². The van der Waals surface area contributed by atoms with E-state index in [1.54, 1.807) is 0 Å². The second-order valence-electron chi connectivity index (χ2n) is 2.55. The number of phenols is 1. The van der Waals surface area contributed by atoms with E-state index in [1.807, 2.05) is 0 Å². The minimum atomic E-state index is -0.739. The molecule has 1 rings (SSSR count). The van der Waals surface area contributed by atoms with Crippen LogP contribution in [-0.2, 0) is 0 Å². The SMILES string of the molecule is C=C[C@H](N)c1c(Cl)ccc(F)c1O.Cl. The molecule has 14 heavy (non-hydrogen) atoms. The second kappa shape index (κ2) is 5.20. The van der Waals surface area contributed by atoms with Crippen LogP contribution in [0, 0.1) is 5.82 Å². The summed E-state index contributed by atoms with van der Waals surface area (Å²) in [6, 6.07) is 1.76. The molecule has 0 amide bonds. The lowest BCUT2D eigenvalue weighted by Crippen LogP contribution is -2.08. The fourth-order valence-electron chi connectivity index (χ4n) is 0.992. The lowest BCUT2D eigenvalue weighted by molar-refractivity contribution is 0.424. The molecular weight excluding hydrogens is 228 g/mol. The van der Waals surface area contributed by atoms with Gasteiger partial charge < -0.3 is 10.8 Å². The van der Waals surface area contributed by atoms with Gasteiger partial charge in [0.2, 0.25) is 0 Å². The van der Waals surface area contributed by atoms with Crippen LogP contribution in [0.3, 0.4) is 0 Å². The molecule has 2 nitrogen and oxygen atoms in total. The highest BCUT2D eigenvalue weighted by molar-refractivity contribution is 6.31. The molecule has 0 aromatic heterocycles.